The maximum Gasteiger partial charge on any atom is 0.346 e. The Morgan fingerprint density at radius 1 is 1.31 bits per heavy atom. The van der Waals surface area contributed by atoms with Crippen LogP contribution in [0.1, 0.15) is 19.3 Å². The summed E-state index contributed by atoms with van der Waals surface area (Å²) in [5.41, 5.74) is -0.261. The standard InChI is InChI=1S/C9H13N3O/c13-9-10-5-4-8(11-9)12-6-2-1-3-7-12/h4-5H,1-3,6-7H2,(H,10,11,13). The lowest BCUT2D eigenvalue weighted by molar-refractivity contribution is 0.572. The zero-order valence-electron chi connectivity index (χ0n) is 7.49. The van der Waals surface area contributed by atoms with Crippen LogP contribution < -0.4 is 10.6 Å². The zero-order valence-corrected chi connectivity index (χ0v) is 7.49. The second kappa shape index (κ2) is 3.60. The largest absolute Gasteiger partial charge is 0.358 e. The summed E-state index contributed by atoms with van der Waals surface area (Å²) in [5.74, 6) is 0.903. The number of H-pyrrole nitrogens is 1. The third kappa shape index (κ3) is 1.88. The van der Waals surface area contributed by atoms with Gasteiger partial charge in [0.1, 0.15) is 5.82 Å². The van der Waals surface area contributed by atoms with Gasteiger partial charge in [0.15, 0.2) is 0 Å². The Hall–Kier alpha value is -1.32. The SMILES string of the molecule is O=c1nccc(N2CCCCC2)[nH]1. The minimum atomic E-state index is -0.261. The maximum absolute atomic E-state index is 10.9. The van der Waals surface area contributed by atoms with Crippen LogP contribution in [0, 0.1) is 0 Å². The fraction of sp³-hybridized carbons (Fsp3) is 0.556. The number of hydrogen-bond acceptors (Lipinski definition) is 3. The fourth-order valence-electron chi connectivity index (χ4n) is 1.68. The highest BCUT2D eigenvalue weighted by molar-refractivity contribution is 5.36. The number of piperidine rings is 1. The molecule has 0 bridgehead atoms. The summed E-state index contributed by atoms with van der Waals surface area (Å²) < 4.78 is 0. The average Bonchev–Trinajstić information content (AvgIpc) is 2.19. The molecular formula is C9H13N3O. The first-order valence-electron chi connectivity index (χ1n) is 4.66. The Balaban J connectivity index is 2.19. The summed E-state index contributed by atoms with van der Waals surface area (Å²) in [4.78, 5) is 19.5. The van der Waals surface area contributed by atoms with Crippen LogP contribution in [0.4, 0.5) is 5.82 Å². The minimum Gasteiger partial charge on any atom is -0.358 e. The van der Waals surface area contributed by atoms with Gasteiger partial charge < -0.3 is 4.90 Å². The lowest BCUT2D eigenvalue weighted by atomic mass is 10.1. The van der Waals surface area contributed by atoms with Crippen molar-refractivity contribution in [1.82, 2.24) is 9.97 Å². The fourth-order valence-corrected chi connectivity index (χ4v) is 1.68. The summed E-state index contributed by atoms with van der Waals surface area (Å²) in [7, 11) is 0. The summed E-state index contributed by atoms with van der Waals surface area (Å²) in [6, 6.07) is 1.85. The Morgan fingerprint density at radius 3 is 2.77 bits per heavy atom. The third-order valence-electron chi connectivity index (χ3n) is 2.36. The van der Waals surface area contributed by atoms with Crippen LogP contribution in [0.2, 0.25) is 0 Å². The second-order valence-corrected chi connectivity index (χ2v) is 3.31. The number of hydrogen-bond donors (Lipinski definition) is 1. The van der Waals surface area contributed by atoms with Gasteiger partial charge in [0.25, 0.3) is 0 Å². The molecule has 0 spiro atoms. The molecule has 13 heavy (non-hydrogen) atoms. The molecule has 0 unspecified atom stereocenters. The molecule has 0 saturated carbocycles. The first-order chi connectivity index (χ1) is 6.36. The Labute approximate surface area is 76.6 Å². The molecule has 1 aromatic heterocycles. The molecule has 0 aromatic carbocycles. The molecule has 1 saturated heterocycles. The van der Waals surface area contributed by atoms with Crippen molar-refractivity contribution in [1.29, 1.82) is 0 Å². The van der Waals surface area contributed by atoms with E-state index in [0.717, 1.165) is 18.9 Å². The molecule has 1 aliphatic heterocycles. The maximum atomic E-state index is 10.9. The van der Waals surface area contributed by atoms with Gasteiger partial charge in [0, 0.05) is 19.3 Å². The lowest BCUT2D eigenvalue weighted by Crippen LogP contribution is -2.31. The molecule has 1 N–H and O–H groups in total. The lowest BCUT2D eigenvalue weighted by Gasteiger charge is -2.27. The monoisotopic (exact) mass is 179 g/mol. The van der Waals surface area contributed by atoms with E-state index in [2.05, 4.69) is 14.9 Å². The van der Waals surface area contributed by atoms with Crippen LogP contribution in [-0.4, -0.2) is 23.1 Å². The van der Waals surface area contributed by atoms with E-state index < -0.39 is 0 Å². The van der Waals surface area contributed by atoms with E-state index in [1.54, 1.807) is 6.20 Å². The Morgan fingerprint density at radius 2 is 2.08 bits per heavy atom. The molecule has 1 fully saturated rings. The van der Waals surface area contributed by atoms with E-state index in [0.29, 0.717) is 0 Å². The van der Waals surface area contributed by atoms with Crippen molar-refractivity contribution in [3.05, 3.63) is 22.7 Å². The van der Waals surface area contributed by atoms with E-state index in [9.17, 15) is 4.79 Å². The first kappa shape index (κ1) is 8.29. The summed E-state index contributed by atoms with van der Waals surface area (Å²) in [5, 5.41) is 0. The minimum absolute atomic E-state index is 0.261. The Bertz CT molecular complexity index is 328. The average molecular weight is 179 g/mol. The van der Waals surface area contributed by atoms with E-state index in [1.807, 2.05) is 6.07 Å². The van der Waals surface area contributed by atoms with Crippen LogP contribution in [-0.2, 0) is 0 Å². The van der Waals surface area contributed by atoms with Gasteiger partial charge in [-0.1, -0.05) is 0 Å². The number of aromatic nitrogens is 2. The van der Waals surface area contributed by atoms with Crippen molar-refractivity contribution >= 4 is 5.82 Å². The van der Waals surface area contributed by atoms with Crippen molar-refractivity contribution in [3.63, 3.8) is 0 Å². The molecule has 0 atom stereocenters. The predicted octanol–water partition coefficient (Wildman–Crippen LogP) is 0.760. The second-order valence-electron chi connectivity index (χ2n) is 3.31. The zero-order chi connectivity index (χ0) is 9.10. The molecule has 0 radical (unpaired) electrons. The number of rotatable bonds is 1. The van der Waals surface area contributed by atoms with Gasteiger partial charge >= 0.3 is 5.69 Å². The van der Waals surface area contributed by atoms with E-state index in [1.165, 1.54) is 19.3 Å². The number of nitrogens with zero attached hydrogens (tertiary/aromatic N) is 2. The smallest absolute Gasteiger partial charge is 0.346 e. The number of nitrogens with one attached hydrogen (secondary N) is 1. The first-order valence-corrected chi connectivity index (χ1v) is 4.66. The molecule has 2 rings (SSSR count). The van der Waals surface area contributed by atoms with Gasteiger partial charge in [-0.25, -0.2) is 9.78 Å². The molecule has 1 aromatic rings. The van der Waals surface area contributed by atoms with Crippen molar-refractivity contribution in [2.45, 2.75) is 19.3 Å². The quantitative estimate of drug-likeness (QED) is 0.692. The molecule has 0 amide bonds. The molecule has 4 heteroatoms. The Kier molecular flexibility index (Phi) is 2.29. The molecular weight excluding hydrogens is 166 g/mol. The highest BCUT2D eigenvalue weighted by atomic mass is 16.1. The van der Waals surface area contributed by atoms with E-state index >= 15 is 0 Å². The van der Waals surface area contributed by atoms with Crippen LogP contribution in [0.3, 0.4) is 0 Å². The summed E-state index contributed by atoms with van der Waals surface area (Å²) >= 11 is 0. The van der Waals surface area contributed by atoms with Crippen molar-refractivity contribution in [3.8, 4) is 0 Å². The summed E-state index contributed by atoms with van der Waals surface area (Å²) in [6.45, 7) is 2.08. The summed E-state index contributed by atoms with van der Waals surface area (Å²) in [6.07, 6.45) is 5.28. The normalized spacial score (nSPS) is 17.4. The van der Waals surface area contributed by atoms with Crippen molar-refractivity contribution in [2.75, 3.05) is 18.0 Å². The van der Waals surface area contributed by atoms with Crippen LogP contribution in [0.25, 0.3) is 0 Å². The van der Waals surface area contributed by atoms with Gasteiger partial charge in [-0.3, -0.25) is 4.98 Å². The van der Waals surface area contributed by atoms with Crippen molar-refractivity contribution < 1.29 is 0 Å². The van der Waals surface area contributed by atoms with Crippen LogP contribution >= 0.6 is 0 Å². The number of aromatic amines is 1. The van der Waals surface area contributed by atoms with Gasteiger partial charge in [-0.05, 0) is 25.3 Å². The van der Waals surface area contributed by atoms with Gasteiger partial charge in [-0.2, -0.15) is 0 Å². The third-order valence-corrected chi connectivity index (χ3v) is 2.36. The highest BCUT2D eigenvalue weighted by Crippen LogP contribution is 2.14. The van der Waals surface area contributed by atoms with Crippen LogP contribution in [0.5, 0.6) is 0 Å². The van der Waals surface area contributed by atoms with E-state index in [-0.39, 0.29) is 5.69 Å². The molecule has 2 heterocycles. The van der Waals surface area contributed by atoms with Gasteiger partial charge in [0.2, 0.25) is 0 Å². The topological polar surface area (TPSA) is 49.0 Å². The highest BCUT2D eigenvalue weighted by Gasteiger charge is 2.10. The van der Waals surface area contributed by atoms with Crippen LogP contribution in [0.15, 0.2) is 17.1 Å². The molecule has 4 nitrogen and oxygen atoms in total. The molecule has 0 aliphatic carbocycles. The number of anilines is 1. The van der Waals surface area contributed by atoms with E-state index in [4.69, 9.17) is 0 Å². The van der Waals surface area contributed by atoms with Gasteiger partial charge in [-0.15, -0.1) is 0 Å². The predicted molar refractivity (Wildman–Crippen MR) is 50.9 cm³/mol. The van der Waals surface area contributed by atoms with Crippen molar-refractivity contribution in [2.24, 2.45) is 0 Å². The molecule has 1 aliphatic rings. The van der Waals surface area contributed by atoms with Gasteiger partial charge in [0.05, 0.1) is 0 Å². The molecule has 70 valence electrons.